The summed E-state index contributed by atoms with van der Waals surface area (Å²) in [4.78, 5) is 11.8. The number of rotatable bonds is 6. The number of carbonyl (C=O) groups excluding carboxylic acids is 1. The summed E-state index contributed by atoms with van der Waals surface area (Å²) in [5.41, 5.74) is 1.97. The van der Waals surface area contributed by atoms with E-state index in [2.05, 4.69) is 0 Å². The molecule has 2 aromatic rings. The van der Waals surface area contributed by atoms with Crippen LogP contribution in [0.2, 0.25) is 0 Å². The average Bonchev–Trinajstić information content (AvgIpc) is 2.49. The van der Waals surface area contributed by atoms with Crippen molar-refractivity contribution in [2.45, 2.75) is 19.3 Å². The molecule has 0 spiro atoms. The Morgan fingerprint density at radius 3 is 2.40 bits per heavy atom. The molecule has 3 heteroatoms. The van der Waals surface area contributed by atoms with Gasteiger partial charge in [0.1, 0.15) is 5.75 Å². The van der Waals surface area contributed by atoms with E-state index in [1.807, 2.05) is 54.6 Å². The first-order valence-corrected chi connectivity index (χ1v) is 7.26. The quantitative estimate of drug-likeness (QED) is 0.334. The van der Waals surface area contributed by atoms with Crippen LogP contribution < -0.4 is 4.74 Å². The van der Waals surface area contributed by atoms with E-state index < -0.39 is 0 Å². The summed E-state index contributed by atoms with van der Waals surface area (Å²) in [6.45, 7) is 0. The Morgan fingerprint density at radius 2 is 1.65 bits per heavy atom. The third-order valence-electron chi connectivity index (χ3n) is 2.96. The molecule has 0 heterocycles. The van der Waals surface area contributed by atoms with E-state index >= 15 is 0 Å². The van der Waals surface area contributed by atoms with Gasteiger partial charge in [-0.15, -0.1) is 11.6 Å². The van der Waals surface area contributed by atoms with Crippen LogP contribution in [0.3, 0.4) is 0 Å². The van der Waals surface area contributed by atoms with Gasteiger partial charge >= 0.3 is 5.97 Å². The maximum absolute atomic E-state index is 11.8. The summed E-state index contributed by atoms with van der Waals surface area (Å²) in [5, 5.41) is 0. The lowest BCUT2D eigenvalue weighted by atomic mass is 10.1. The Hall–Kier alpha value is -1.80. The van der Waals surface area contributed by atoms with Gasteiger partial charge in [0.25, 0.3) is 0 Å². The number of hydrogen-bond acceptors (Lipinski definition) is 2. The molecule has 0 aromatic heterocycles. The number of carbonyl (C=O) groups is 1. The van der Waals surface area contributed by atoms with Gasteiger partial charge in [-0.1, -0.05) is 48.5 Å². The normalized spacial score (nSPS) is 10.2. The van der Waals surface area contributed by atoms with Crippen LogP contribution in [0.4, 0.5) is 0 Å². The van der Waals surface area contributed by atoms with E-state index in [1.165, 1.54) is 0 Å². The molecule has 2 nitrogen and oxygen atoms in total. The largest absolute Gasteiger partial charge is 0.426 e. The van der Waals surface area contributed by atoms with E-state index in [0.717, 1.165) is 24.0 Å². The summed E-state index contributed by atoms with van der Waals surface area (Å²) in [7, 11) is 0. The van der Waals surface area contributed by atoms with Gasteiger partial charge in [0.05, 0.1) is 0 Å². The maximum Gasteiger partial charge on any atom is 0.311 e. The van der Waals surface area contributed by atoms with Crippen LogP contribution in [0.15, 0.2) is 54.6 Å². The van der Waals surface area contributed by atoms with Crippen LogP contribution in [-0.4, -0.2) is 11.8 Å². The van der Waals surface area contributed by atoms with E-state index in [0.29, 0.717) is 18.1 Å². The zero-order valence-electron chi connectivity index (χ0n) is 11.2. The molecule has 0 atom stereocenters. The van der Waals surface area contributed by atoms with Crippen molar-refractivity contribution in [3.63, 3.8) is 0 Å². The van der Waals surface area contributed by atoms with Crippen molar-refractivity contribution >= 4 is 17.6 Å². The van der Waals surface area contributed by atoms with Gasteiger partial charge in [0.2, 0.25) is 0 Å². The summed E-state index contributed by atoms with van der Waals surface area (Å²) in [6.07, 6.45) is 1.99. The van der Waals surface area contributed by atoms with E-state index in [-0.39, 0.29) is 5.97 Å². The molecule has 0 amide bonds. The van der Waals surface area contributed by atoms with Gasteiger partial charge in [-0.05, 0) is 24.5 Å². The predicted octanol–water partition coefficient (Wildman–Crippen LogP) is 4.67. The number of ether oxygens (including phenoxy) is 1. The Bertz CT molecular complexity index is 552. The van der Waals surface area contributed by atoms with Crippen molar-refractivity contribution < 1.29 is 9.53 Å². The van der Waals surface area contributed by atoms with Crippen LogP contribution >= 0.6 is 11.6 Å². The van der Waals surface area contributed by atoms with E-state index in [9.17, 15) is 4.79 Å². The van der Waals surface area contributed by atoms with Crippen LogP contribution in [0.1, 0.15) is 19.3 Å². The SMILES string of the molecule is O=C(CCCCCl)Oc1ccccc1-c1ccccc1. The first-order chi connectivity index (χ1) is 9.81. The van der Waals surface area contributed by atoms with Crippen LogP contribution in [0.5, 0.6) is 5.75 Å². The number of benzene rings is 2. The van der Waals surface area contributed by atoms with Crippen LogP contribution in [0.25, 0.3) is 11.1 Å². The third kappa shape index (κ3) is 4.10. The number of hydrogen-bond donors (Lipinski definition) is 0. The molecule has 0 unspecified atom stereocenters. The van der Waals surface area contributed by atoms with Gasteiger partial charge in [-0.2, -0.15) is 0 Å². The summed E-state index contributed by atoms with van der Waals surface area (Å²) in [5.74, 6) is 0.974. The molecule has 104 valence electrons. The Balaban J connectivity index is 2.11. The number of alkyl halides is 1. The molecular weight excluding hydrogens is 272 g/mol. The van der Waals surface area contributed by atoms with Crippen molar-refractivity contribution in [3.05, 3.63) is 54.6 Å². The number of halogens is 1. The minimum atomic E-state index is -0.210. The first-order valence-electron chi connectivity index (χ1n) is 6.72. The second-order valence-electron chi connectivity index (χ2n) is 4.48. The molecule has 2 rings (SSSR count). The molecule has 20 heavy (non-hydrogen) atoms. The number of para-hydroxylation sites is 1. The Labute approximate surface area is 124 Å². The van der Waals surface area contributed by atoms with Gasteiger partial charge in [0.15, 0.2) is 0 Å². The van der Waals surface area contributed by atoms with Gasteiger partial charge < -0.3 is 4.74 Å². The average molecular weight is 289 g/mol. The van der Waals surface area contributed by atoms with Crippen molar-refractivity contribution in [2.24, 2.45) is 0 Å². The van der Waals surface area contributed by atoms with Crippen molar-refractivity contribution in [3.8, 4) is 16.9 Å². The highest BCUT2D eigenvalue weighted by Crippen LogP contribution is 2.29. The monoisotopic (exact) mass is 288 g/mol. The highest BCUT2D eigenvalue weighted by Gasteiger charge is 2.09. The van der Waals surface area contributed by atoms with Gasteiger partial charge in [-0.25, -0.2) is 0 Å². The summed E-state index contributed by atoms with van der Waals surface area (Å²) in [6, 6.07) is 17.5. The molecule has 0 N–H and O–H groups in total. The zero-order valence-corrected chi connectivity index (χ0v) is 12.0. The highest BCUT2D eigenvalue weighted by atomic mass is 35.5. The lowest BCUT2D eigenvalue weighted by Gasteiger charge is -2.10. The maximum atomic E-state index is 11.8. The fourth-order valence-corrected chi connectivity index (χ4v) is 2.14. The van der Waals surface area contributed by atoms with Crippen LogP contribution in [0, 0.1) is 0 Å². The van der Waals surface area contributed by atoms with Crippen molar-refractivity contribution in [2.75, 3.05) is 5.88 Å². The summed E-state index contributed by atoms with van der Waals surface area (Å²) < 4.78 is 5.46. The molecule has 0 aliphatic carbocycles. The van der Waals surface area contributed by atoms with Crippen LogP contribution in [-0.2, 0) is 4.79 Å². The second kappa shape index (κ2) is 7.71. The molecule has 0 saturated heterocycles. The number of esters is 1. The number of unbranched alkanes of at least 4 members (excludes halogenated alkanes) is 1. The van der Waals surface area contributed by atoms with E-state index in [4.69, 9.17) is 16.3 Å². The lowest BCUT2D eigenvalue weighted by molar-refractivity contribution is -0.134. The fraction of sp³-hybridized carbons (Fsp3) is 0.235. The zero-order chi connectivity index (χ0) is 14.2. The highest BCUT2D eigenvalue weighted by molar-refractivity contribution is 6.17. The van der Waals surface area contributed by atoms with Crippen molar-refractivity contribution in [1.82, 2.24) is 0 Å². The minimum absolute atomic E-state index is 0.210. The Morgan fingerprint density at radius 1 is 0.950 bits per heavy atom. The molecule has 0 aliphatic heterocycles. The molecule has 0 fully saturated rings. The third-order valence-corrected chi connectivity index (χ3v) is 3.23. The minimum Gasteiger partial charge on any atom is -0.426 e. The predicted molar refractivity (Wildman–Crippen MR) is 82.1 cm³/mol. The second-order valence-corrected chi connectivity index (χ2v) is 4.86. The topological polar surface area (TPSA) is 26.3 Å². The lowest BCUT2D eigenvalue weighted by Crippen LogP contribution is -2.08. The van der Waals surface area contributed by atoms with Gasteiger partial charge in [0, 0.05) is 17.9 Å². The molecule has 0 aliphatic rings. The van der Waals surface area contributed by atoms with E-state index in [1.54, 1.807) is 0 Å². The van der Waals surface area contributed by atoms with Crippen molar-refractivity contribution in [1.29, 1.82) is 0 Å². The smallest absolute Gasteiger partial charge is 0.311 e. The standard InChI is InChI=1S/C17H17ClO2/c18-13-7-6-12-17(19)20-16-11-5-4-10-15(16)14-8-2-1-3-9-14/h1-5,8-11H,6-7,12-13H2. The molecule has 0 saturated carbocycles. The first kappa shape index (κ1) is 14.6. The van der Waals surface area contributed by atoms with Gasteiger partial charge in [-0.3, -0.25) is 4.79 Å². The molecule has 0 radical (unpaired) electrons. The summed E-state index contributed by atoms with van der Waals surface area (Å²) >= 11 is 5.60. The molecule has 2 aromatic carbocycles. The Kier molecular flexibility index (Phi) is 5.63. The molecular formula is C17H17ClO2. The fourth-order valence-electron chi connectivity index (χ4n) is 1.95. The molecule has 0 bridgehead atoms.